The van der Waals surface area contributed by atoms with Crippen LogP contribution in [0.5, 0.6) is 5.75 Å². The van der Waals surface area contributed by atoms with E-state index in [1.165, 1.54) is 23.0 Å². The number of nitrogens with zero attached hydrogens (tertiary/aromatic N) is 2. The van der Waals surface area contributed by atoms with E-state index in [0.29, 0.717) is 11.1 Å². The van der Waals surface area contributed by atoms with Gasteiger partial charge in [-0.25, -0.2) is 4.52 Å². The normalized spacial score (nSPS) is 11.4. The molecule has 0 amide bonds. The van der Waals surface area contributed by atoms with Crippen LogP contribution < -0.4 is 4.74 Å². The summed E-state index contributed by atoms with van der Waals surface area (Å²) in [5.41, 5.74) is 1.06. The molecule has 0 aliphatic heterocycles. The van der Waals surface area contributed by atoms with Gasteiger partial charge in [-0.3, -0.25) is 4.79 Å². The molecule has 2 heterocycles. The van der Waals surface area contributed by atoms with Gasteiger partial charge in [0.05, 0.1) is 23.5 Å². The number of aromatic nitrogens is 2. The molecule has 0 saturated carbocycles. The van der Waals surface area contributed by atoms with Crippen molar-refractivity contribution < 1.29 is 18.3 Å². The minimum Gasteiger partial charge on any atom is -0.433 e. The fourth-order valence-electron chi connectivity index (χ4n) is 1.64. The van der Waals surface area contributed by atoms with Crippen LogP contribution in [-0.2, 0) is 0 Å². The van der Waals surface area contributed by atoms with E-state index in [0.717, 1.165) is 0 Å². The van der Waals surface area contributed by atoms with Gasteiger partial charge in [0.15, 0.2) is 5.78 Å². The van der Waals surface area contributed by atoms with Crippen LogP contribution in [0.3, 0.4) is 0 Å². The summed E-state index contributed by atoms with van der Waals surface area (Å²) in [6, 6.07) is 2.93. The molecule has 96 valence electrons. The number of halogens is 2. The predicted octanol–water partition coefficient (Wildman–Crippen LogP) is 2.77. The zero-order chi connectivity index (χ0) is 13.3. The number of hydrogen-bond acceptors (Lipinski definition) is 3. The topological polar surface area (TPSA) is 43.6 Å². The number of hydrogen-bond donors (Lipinski definition) is 0. The summed E-state index contributed by atoms with van der Waals surface area (Å²) in [6.45, 7) is 0.704. The molecule has 4 nitrogen and oxygen atoms in total. The molecule has 0 bridgehead atoms. The molecule has 0 fully saturated rings. The van der Waals surface area contributed by atoms with E-state index in [4.69, 9.17) is 0 Å². The van der Waals surface area contributed by atoms with Crippen molar-refractivity contribution in [3.8, 4) is 5.75 Å². The van der Waals surface area contributed by atoms with Gasteiger partial charge in [-0.2, -0.15) is 13.9 Å². The minimum absolute atomic E-state index is 0.00384. The first kappa shape index (κ1) is 12.5. The lowest BCUT2D eigenvalue weighted by atomic mass is 10.0. The van der Waals surface area contributed by atoms with Crippen molar-refractivity contribution in [1.29, 1.82) is 0 Å². The largest absolute Gasteiger partial charge is 0.433 e. The van der Waals surface area contributed by atoms with E-state index in [9.17, 15) is 13.6 Å². The molecular formula is C12H12F2N2O2. The van der Waals surface area contributed by atoms with Gasteiger partial charge in [-0.1, -0.05) is 13.8 Å². The number of carbonyl (C=O) groups is 1. The lowest BCUT2D eigenvalue weighted by Crippen LogP contribution is -2.07. The molecule has 0 aromatic carbocycles. The molecule has 0 atom stereocenters. The van der Waals surface area contributed by atoms with Gasteiger partial charge >= 0.3 is 6.61 Å². The molecule has 2 aromatic rings. The Labute approximate surface area is 102 Å². The van der Waals surface area contributed by atoms with Crippen LogP contribution >= 0.6 is 0 Å². The first-order valence-corrected chi connectivity index (χ1v) is 5.45. The maximum Gasteiger partial charge on any atom is 0.387 e. The molecule has 0 spiro atoms. The standard InChI is InChI=1S/C12H12F2N2O2/c1-7(2)11(17)9-5-15-16-6-8(18-12(13)14)3-4-10(9)16/h3-7,12H,1-2H3. The quantitative estimate of drug-likeness (QED) is 0.788. The molecule has 2 aromatic heterocycles. The second-order valence-electron chi connectivity index (χ2n) is 4.15. The highest BCUT2D eigenvalue weighted by Gasteiger charge is 2.16. The van der Waals surface area contributed by atoms with Crippen molar-refractivity contribution in [2.75, 3.05) is 0 Å². The van der Waals surface area contributed by atoms with E-state index in [1.54, 1.807) is 19.9 Å². The number of Topliss-reactive ketones (excluding diaryl/α,β-unsaturated/α-hetero) is 1. The van der Waals surface area contributed by atoms with Gasteiger partial charge < -0.3 is 4.74 Å². The van der Waals surface area contributed by atoms with Gasteiger partial charge in [-0.15, -0.1) is 0 Å². The highest BCUT2D eigenvalue weighted by molar-refractivity contribution is 6.03. The molecule has 18 heavy (non-hydrogen) atoms. The lowest BCUT2D eigenvalue weighted by molar-refractivity contribution is -0.0501. The van der Waals surface area contributed by atoms with E-state index in [2.05, 4.69) is 9.84 Å². The predicted molar refractivity (Wildman–Crippen MR) is 61.0 cm³/mol. The minimum atomic E-state index is -2.88. The summed E-state index contributed by atoms with van der Waals surface area (Å²) in [7, 11) is 0. The van der Waals surface area contributed by atoms with Crippen LogP contribution in [-0.4, -0.2) is 22.0 Å². The maximum atomic E-state index is 12.1. The fourth-order valence-corrected chi connectivity index (χ4v) is 1.64. The van der Waals surface area contributed by atoms with E-state index in [1.807, 2.05) is 0 Å². The Morgan fingerprint density at radius 1 is 1.39 bits per heavy atom. The zero-order valence-electron chi connectivity index (χ0n) is 9.93. The monoisotopic (exact) mass is 254 g/mol. The number of alkyl halides is 2. The molecule has 2 rings (SSSR count). The molecule has 0 N–H and O–H groups in total. The van der Waals surface area contributed by atoms with Crippen LogP contribution in [0, 0.1) is 5.92 Å². The molecular weight excluding hydrogens is 242 g/mol. The van der Waals surface area contributed by atoms with Crippen molar-refractivity contribution in [3.05, 3.63) is 30.1 Å². The number of rotatable bonds is 4. The highest BCUT2D eigenvalue weighted by Crippen LogP contribution is 2.20. The van der Waals surface area contributed by atoms with Crippen molar-refractivity contribution in [2.24, 2.45) is 5.92 Å². The molecule has 0 radical (unpaired) electrons. The summed E-state index contributed by atoms with van der Waals surface area (Å²) in [5, 5.41) is 3.96. The lowest BCUT2D eigenvalue weighted by Gasteiger charge is -2.05. The van der Waals surface area contributed by atoms with Crippen molar-refractivity contribution in [3.63, 3.8) is 0 Å². The van der Waals surface area contributed by atoms with Crippen molar-refractivity contribution in [1.82, 2.24) is 9.61 Å². The molecule has 0 aliphatic rings. The van der Waals surface area contributed by atoms with Crippen LogP contribution in [0.4, 0.5) is 8.78 Å². The Balaban J connectivity index is 2.40. The summed E-state index contributed by atoms with van der Waals surface area (Å²) in [6.07, 6.45) is 2.75. The van der Waals surface area contributed by atoms with Crippen molar-refractivity contribution >= 4 is 11.3 Å². The fraction of sp³-hybridized carbons (Fsp3) is 0.333. The first-order valence-electron chi connectivity index (χ1n) is 5.45. The molecule has 0 aliphatic carbocycles. The average Bonchev–Trinajstić information content (AvgIpc) is 2.69. The third kappa shape index (κ3) is 2.32. The second-order valence-corrected chi connectivity index (χ2v) is 4.15. The molecule has 0 saturated heterocycles. The Kier molecular flexibility index (Phi) is 3.27. The first-order chi connectivity index (χ1) is 8.49. The smallest absolute Gasteiger partial charge is 0.387 e. The zero-order valence-corrected chi connectivity index (χ0v) is 9.93. The number of ketones is 1. The van der Waals surface area contributed by atoms with Gasteiger partial charge in [0.2, 0.25) is 0 Å². The molecule has 6 heteroatoms. The summed E-state index contributed by atoms with van der Waals surface area (Å²) < 4.78 is 29.7. The third-order valence-electron chi connectivity index (χ3n) is 2.50. The SMILES string of the molecule is CC(C)C(=O)c1cnn2cc(OC(F)F)ccc12. The Hall–Kier alpha value is -1.98. The van der Waals surface area contributed by atoms with E-state index < -0.39 is 6.61 Å². The van der Waals surface area contributed by atoms with Crippen LogP contribution in [0.2, 0.25) is 0 Å². The van der Waals surface area contributed by atoms with E-state index >= 15 is 0 Å². The van der Waals surface area contributed by atoms with Crippen LogP contribution in [0.1, 0.15) is 24.2 Å². The number of pyridine rings is 1. The van der Waals surface area contributed by atoms with Gasteiger partial charge in [0, 0.05) is 5.92 Å². The van der Waals surface area contributed by atoms with Crippen LogP contribution in [0.15, 0.2) is 24.5 Å². The number of fused-ring (bicyclic) bond motifs is 1. The number of ether oxygens (including phenoxy) is 1. The van der Waals surface area contributed by atoms with Gasteiger partial charge in [-0.05, 0) is 12.1 Å². The average molecular weight is 254 g/mol. The summed E-state index contributed by atoms with van der Waals surface area (Å²) >= 11 is 0. The maximum absolute atomic E-state index is 12.1. The van der Waals surface area contributed by atoms with Gasteiger partial charge in [0.1, 0.15) is 5.75 Å². The second kappa shape index (κ2) is 4.72. The Morgan fingerprint density at radius 2 is 2.11 bits per heavy atom. The third-order valence-corrected chi connectivity index (χ3v) is 2.50. The van der Waals surface area contributed by atoms with Gasteiger partial charge in [0.25, 0.3) is 0 Å². The summed E-state index contributed by atoms with van der Waals surface area (Å²) in [5.74, 6) is -0.174. The summed E-state index contributed by atoms with van der Waals surface area (Å²) in [4.78, 5) is 11.9. The van der Waals surface area contributed by atoms with Crippen molar-refractivity contribution in [2.45, 2.75) is 20.5 Å². The number of carbonyl (C=O) groups excluding carboxylic acids is 1. The Morgan fingerprint density at radius 3 is 2.72 bits per heavy atom. The molecule has 0 unspecified atom stereocenters. The highest BCUT2D eigenvalue weighted by atomic mass is 19.3. The Bertz CT molecular complexity index is 578. The van der Waals surface area contributed by atoms with Crippen LogP contribution in [0.25, 0.3) is 5.52 Å². The van der Waals surface area contributed by atoms with E-state index in [-0.39, 0.29) is 17.5 Å².